The smallest absolute Gasteiger partial charge is 0.223 e. The van der Waals surface area contributed by atoms with Gasteiger partial charge in [0.25, 0.3) is 0 Å². The van der Waals surface area contributed by atoms with Crippen molar-refractivity contribution in [3.63, 3.8) is 0 Å². The van der Waals surface area contributed by atoms with Crippen molar-refractivity contribution < 1.29 is 4.79 Å². The van der Waals surface area contributed by atoms with E-state index in [2.05, 4.69) is 24.4 Å². The van der Waals surface area contributed by atoms with Crippen LogP contribution in [-0.2, 0) is 17.6 Å². The van der Waals surface area contributed by atoms with Gasteiger partial charge in [0.2, 0.25) is 5.91 Å². The Kier molecular flexibility index (Phi) is 4.65. The topological polar surface area (TPSA) is 29.1 Å². The van der Waals surface area contributed by atoms with Crippen LogP contribution in [0.2, 0.25) is 0 Å². The maximum Gasteiger partial charge on any atom is 0.223 e. The molecule has 1 atom stereocenters. The van der Waals surface area contributed by atoms with Crippen LogP contribution in [0, 0.1) is 11.8 Å². The summed E-state index contributed by atoms with van der Waals surface area (Å²) < 4.78 is 0. The molecule has 0 saturated heterocycles. The van der Waals surface area contributed by atoms with Gasteiger partial charge in [0, 0.05) is 18.3 Å². The van der Waals surface area contributed by atoms with Crippen LogP contribution in [0.4, 0.5) is 0 Å². The standard InChI is InChI=1S/C15H20ClNO/c1-11(6-7-16)10-17-15(18)14-8-12-4-2-3-5-13(12)9-14/h2-5,11,14H,6-10H2,1H3,(H,17,18). The molecule has 1 aromatic rings. The molecule has 0 aliphatic heterocycles. The molecule has 1 aliphatic carbocycles. The number of fused-ring (bicyclic) bond motifs is 1. The van der Waals surface area contributed by atoms with E-state index in [1.54, 1.807) is 0 Å². The molecular formula is C15H20ClNO. The number of carbonyl (C=O) groups is 1. The van der Waals surface area contributed by atoms with Crippen molar-refractivity contribution >= 4 is 17.5 Å². The first-order chi connectivity index (χ1) is 8.70. The summed E-state index contributed by atoms with van der Waals surface area (Å²) in [5.74, 6) is 1.42. The van der Waals surface area contributed by atoms with E-state index >= 15 is 0 Å². The van der Waals surface area contributed by atoms with E-state index in [4.69, 9.17) is 11.6 Å². The molecule has 1 N–H and O–H groups in total. The maximum absolute atomic E-state index is 12.1. The van der Waals surface area contributed by atoms with Crippen LogP contribution in [0.3, 0.4) is 0 Å². The molecule has 0 spiro atoms. The normalized spacial score (nSPS) is 16.3. The molecule has 18 heavy (non-hydrogen) atoms. The van der Waals surface area contributed by atoms with Crippen LogP contribution >= 0.6 is 11.6 Å². The van der Waals surface area contributed by atoms with Crippen molar-refractivity contribution in [2.45, 2.75) is 26.2 Å². The molecule has 1 amide bonds. The number of amides is 1. The first-order valence-electron chi connectivity index (χ1n) is 6.61. The maximum atomic E-state index is 12.1. The van der Waals surface area contributed by atoms with Gasteiger partial charge in [0.15, 0.2) is 0 Å². The molecule has 0 aromatic heterocycles. The zero-order valence-electron chi connectivity index (χ0n) is 10.8. The Morgan fingerprint density at radius 2 is 2.00 bits per heavy atom. The summed E-state index contributed by atoms with van der Waals surface area (Å²) in [6.07, 6.45) is 2.71. The second-order valence-electron chi connectivity index (χ2n) is 5.20. The van der Waals surface area contributed by atoms with Crippen LogP contribution in [0.5, 0.6) is 0 Å². The van der Waals surface area contributed by atoms with E-state index < -0.39 is 0 Å². The van der Waals surface area contributed by atoms with Crippen molar-refractivity contribution in [1.29, 1.82) is 0 Å². The predicted octanol–water partition coefficient (Wildman–Crippen LogP) is 2.78. The first kappa shape index (κ1) is 13.4. The summed E-state index contributed by atoms with van der Waals surface area (Å²) >= 11 is 5.69. The van der Waals surface area contributed by atoms with Crippen LogP contribution in [0.1, 0.15) is 24.5 Å². The Labute approximate surface area is 114 Å². The Morgan fingerprint density at radius 1 is 1.39 bits per heavy atom. The number of halogens is 1. The van der Waals surface area contributed by atoms with Crippen LogP contribution < -0.4 is 5.32 Å². The van der Waals surface area contributed by atoms with Crippen LogP contribution in [0.25, 0.3) is 0 Å². The Morgan fingerprint density at radius 3 is 2.56 bits per heavy atom. The zero-order chi connectivity index (χ0) is 13.0. The predicted molar refractivity (Wildman–Crippen MR) is 74.9 cm³/mol. The van der Waals surface area contributed by atoms with Crippen molar-refractivity contribution in [1.82, 2.24) is 5.32 Å². The van der Waals surface area contributed by atoms with Crippen molar-refractivity contribution in [3.05, 3.63) is 35.4 Å². The van der Waals surface area contributed by atoms with E-state index in [9.17, 15) is 4.79 Å². The molecule has 0 radical (unpaired) electrons. The summed E-state index contributed by atoms with van der Waals surface area (Å²) in [7, 11) is 0. The summed E-state index contributed by atoms with van der Waals surface area (Å²) in [5, 5.41) is 3.05. The fraction of sp³-hybridized carbons (Fsp3) is 0.533. The Bertz CT molecular complexity index is 394. The SMILES string of the molecule is CC(CCCl)CNC(=O)C1Cc2ccccc2C1. The molecule has 0 fully saturated rings. The first-order valence-corrected chi connectivity index (χ1v) is 7.14. The third kappa shape index (κ3) is 3.26. The number of carbonyl (C=O) groups excluding carboxylic acids is 1. The molecule has 1 unspecified atom stereocenters. The monoisotopic (exact) mass is 265 g/mol. The summed E-state index contributed by atoms with van der Waals surface area (Å²) in [6.45, 7) is 2.85. The number of hydrogen-bond donors (Lipinski definition) is 1. The molecule has 3 heteroatoms. The summed E-state index contributed by atoms with van der Waals surface area (Å²) in [5.41, 5.74) is 2.65. The molecule has 98 valence electrons. The number of nitrogens with one attached hydrogen (secondary N) is 1. The largest absolute Gasteiger partial charge is 0.356 e. The van der Waals surface area contributed by atoms with Gasteiger partial charge in [0.1, 0.15) is 0 Å². The van der Waals surface area contributed by atoms with E-state index in [-0.39, 0.29) is 11.8 Å². The van der Waals surface area contributed by atoms with Crippen molar-refractivity contribution in [2.24, 2.45) is 11.8 Å². The van der Waals surface area contributed by atoms with Crippen LogP contribution in [-0.4, -0.2) is 18.3 Å². The third-order valence-electron chi connectivity index (χ3n) is 3.65. The number of hydrogen-bond acceptors (Lipinski definition) is 1. The minimum absolute atomic E-state index is 0.116. The van der Waals surface area contributed by atoms with Gasteiger partial charge >= 0.3 is 0 Å². The second-order valence-corrected chi connectivity index (χ2v) is 5.58. The number of alkyl halides is 1. The molecule has 0 saturated carbocycles. The third-order valence-corrected chi connectivity index (χ3v) is 3.87. The lowest BCUT2D eigenvalue weighted by molar-refractivity contribution is -0.124. The highest BCUT2D eigenvalue weighted by Gasteiger charge is 2.26. The minimum atomic E-state index is 0.116. The Balaban J connectivity index is 1.82. The lowest BCUT2D eigenvalue weighted by Gasteiger charge is -2.14. The van der Waals surface area contributed by atoms with Crippen molar-refractivity contribution in [3.8, 4) is 0 Å². The second kappa shape index (κ2) is 6.24. The van der Waals surface area contributed by atoms with Gasteiger partial charge in [-0.25, -0.2) is 0 Å². The fourth-order valence-electron chi connectivity index (χ4n) is 2.45. The average molecular weight is 266 g/mol. The van der Waals surface area contributed by atoms with E-state index in [1.165, 1.54) is 11.1 Å². The van der Waals surface area contributed by atoms with Crippen molar-refractivity contribution in [2.75, 3.05) is 12.4 Å². The fourth-order valence-corrected chi connectivity index (χ4v) is 2.82. The van der Waals surface area contributed by atoms with Gasteiger partial charge in [-0.05, 0) is 36.3 Å². The molecule has 1 aromatic carbocycles. The minimum Gasteiger partial charge on any atom is -0.356 e. The number of benzene rings is 1. The van der Waals surface area contributed by atoms with Gasteiger partial charge in [0.05, 0.1) is 0 Å². The molecule has 1 aliphatic rings. The molecule has 2 nitrogen and oxygen atoms in total. The number of rotatable bonds is 5. The van der Waals surface area contributed by atoms with E-state index in [0.29, 0.717) is 11.8 Å². The Hall–Kier alpha value is -1.02. The van der Waals surface area contributed by atoms with Crippen LogP contribution in [0.15, 0.2) is 24.3 Å². The highest BCUT2D eigenvalue weighted by atomic mass is 35.5. The lowest BCUT2D eigenvalue weighted by Crippen LogP contribution is -2.34. The van der Waals surface area contributed by atoms with Gasteiger partial charge < -0.3 is 5.32 Å². The zero-order valence-corrected chi connectivity index (χ0v) is 11.5. The van der Waals surface area contributed by atoms with Gasteiger partial charge in [-0.1, -0.05) is 31.2 Å². The highest BCUT2D eigenvalue weighted by molar-refractivity contribution is 6.17. The molecule has 0 heterocycles. The summed E-state index contributed by atoms with van der Waals surface area (Å²) in [6, 6.07) is 8.33. The average Bonchev–Trinajstić information content (AvgIpc) is 2.80. The molecule has 0 bridgehead atoms. The molecular weight excluding hydrogens is 246 g/mol. The van der Waals surface area contributed by atoms with Gasteiger partial charge in [-0.2, -0.15) is 0 Å². The molecule has 2 rings (SSSR count). The van der Waals surface area contributed by atoms with Gasteiger partial charge in [-0.15, -0.1) is 11.6 Å². The quantitative estimate of drug-likeness (QED) is 0.815. The highest BCUT2D eigenvalue weighted by Crippen LogP contribution is 2.26. The lowest BCUT2D eigenvalue weighted by atomic mass is 10.0. The van der Waals surface area contributed by atoms with Gasteiger partial charge in [-0.3, -0.25) is 4.79 Å². The summed E-state index contributed by atoms with van der Waals surface area (Å²) in [4.78, 5) is 12.1. The van der Waals surface area contributed by atoms with E-state index in [1.807, 2.05) is 12.1 Å². The van der Waals surface area contributed by atoms with E-state index in [0.717, 1.165) is 25.8 Å².